The molecule has 0 unspecified atom stereocenters. The van der Waals surface area contributed by atoms with Gasteiger partial charge in [0, 0.05) is 5.56 Å². The molecule has 0 spiro atoms. The van der Waals surface area contributed by atoms with Crippen LogP contribution in [0.15, 0.2) is 35.4 Å². The third-order valence-corrected chi connectivity index (χ3v) is 4.04. The average Bonchev–Trinajstić information content (AvgIpc) is 2.92. The Balaban J connectivity index is 2.27. The molecule has 2 rings (SSSR count). The Morgan fingerprint density at radius 1 is 1.38 bits per heavy atom. The third kappa shape index (κ3) is 3.09. The molecule has 1 heterocycles. The highest BCUT2D eigenvalue weighted by atomic mass is 32.2. The van der Waals surface area contributed by atoms with Gasteiger partial charge in [0.1, 0.15) is 0 Å². The minimum Gasteiger partial charge on any atom is -0.341 e. The van der Waals surface area contributed by atoms with Gasteiger partial charge in [-0.3, -0.25) is 4.79 Å². The summed E-state index contributed by atoms with van der Waals surface area (Å²) in [6.45, 7) is 1.74. The number of rotatable bonds is 4. The maximum atomic E-state index is 12.2. The van der Waals surface area contributed by atoms with Crippen molar-refractivity contribution in [3.8, 4) is 12.3 Å². The summed E-state index contributed by atoms with van der Waals surface area (Å²) in [5.41, 5.74) is 0.803. The zero-order valence-electron chi connectivity index (χ0n) is 11.1. The van der Waals surface area contributed by atoms with Crippen molar-refractivity contribution in [1.82, 2.24) is 19.7 Å². The fourth-order valence-electron chi connectivity index (χ4n) is 1.54. The number of carbonyl (C=O) groups is 1. The van der Waals surface area contributed by atoms with Crippen molar-refractivity contribution < 1.29 is 13.2 Å². The molecule has 0 bridgehead atoms. The summed E-state index contributed by atoms with van der Waals surface area (Å²) in [6, 6.07) is 5.43. The van der Waals surface area contributed by atoms with Crippen molar-refractivity contribution in [3.63, 3.8) is 0 Å². The summed E-state index contributed by atoms with van der Waals surface area (Å²) in [4.78, 5) is 11.6. The number of hydrogen-bond donors (Lipinski definition) is 1. The van der Waals surface area contributed by atoms with Gasteiger partial charge in [0.05, 0.1) is 23.3 Å². The van der Waals surface area contributed by atoms with E-state index in [-0.39, 0.29) is 17.3 Å². The van der Waals surface area contributed by atoms with Crippen LogP contribution in [0.2, 0.25) is 0 Å². The molecule has 0 radical (unpaired) electrons. The summed E-state index contributed by atoms with van der Waals surface area (Å²) in [7, 11) is -3.85. The van der Waals surface area contributed by atoms with Crippen molar-refractivity contribution in [3.05, 3.63) is 41.7 Å². The molecule has 0 aliphatic carbocycles. The lowest BCUT2D eigenvalue weighted by Gasteiger charge is -2.05. The molecule has 0 saturated heterocycles. The summed E-state index contributed by atoms with van der Waals surface area (Å²) < 4.78 is 25.1. The van der Waals surface area contributed by atoms with Gasteiger partial charge in [-0.1, -0.05) is 10.1 Å². The first-order valence-corrected chi connectivity index (χ1v) is 7.35. The van der Waals surface area contributed by atoms with Gasteiger partial charge in [0.25, 0.3) is 15.9 Å². The lowest BCUT2D eigenvalue weighted by molar-refractivity contribution is 0.0958. The van der Waals surface area contributed by atoms with Crippen molar-refractivity contribution in [2.45, 2.75) is 11.8 Å². The van der Waals surface area contributed by atoms with E-state index in [0.717, 1.165) is 0 Å². The molecule has 7 nitrogen and oxygen atoms in total. The Morgan fingerprint density at radius 3 is 2.57 bits per heavy atom. The summed E-state index contributed by atoms with van der Waals surface area (Å²) >= 11 is 0. The van der Waals surface area contributed by atoms with Crippen LogP contribution >= 0.6 is 0 Å². The maximum Gasteiger partial charge on any atom is 0.299 e. The molecule has 21 heavy (non-hydrogen) atoms. The van der Waals surface area contributed by atoms with Crippen LogP contribution in [0.3, 0.4) is 0 Å². The molecule has 1 amide bonds. The number of nitrogens with zero attached hydrogens (tertiary/aromatic N) is 3. The number of benzene rings is 1. The molecule has 0 atom stereocenters. The van der Waals surface area contributed by atoms with Crippen LogP contribution in [-0.2, 0) is 10.0 Å². The first-order valence-electron chi connectivity index (χ1n) is 5.91. The predicted octanol–water partition coefficient (Wildman–Crippen LogP) is 0.187. The number of nitrogens with one attached hydrogen (secondary N) is 1. The number of terminal acetylenes is 1. The van der Waals surface area contributed by atoms with Gasteiger partial charge in [0.15, 0.2) is 0 Å². The number of amides is 1. The summed E-state index contributed by atoms with van der Waals surface area (Å²) in [5.74, 6) is 1.91. The van der Waals surface area contributed by atoms with Gasteiger partial charge in [-0.2, -0.15) is 8.42 Å². The van der Waals surface area contributed by atoms with Crippen molar-refractivity contribution in [1.29, 1.82) is 0 Å². The van der Waals surface area contributed by atoms with E-state index in [0.29, 0.717) is 15.5 Å². The number of aromatic nitrogens is 3. The Morgan fingerprint density at radius 2 is 2.05 bits per heavy atom. The minimum absolute atomic E-state index is 0.00778. The minimum atomic E-state index is -3.85. The van der Waals surface area contributed by atoms with Crippen LogP contribution < -0.4 is 5.32 Å². The fourth-order valence-corrected chi connectivity index (χ4v) is 2.62. The predicted molar refractivity (Wildman–Crippen MR) is 75.0 cm³/mol. The third-order valence-electron chi connectivity index (χ3n) is 2.57. The lowest BCUT2D eigenvalue weighted by Crippen LogP contribution is -2.23. The molecule has 1 N–H and O–H groups in total. The number of hydrogen-bond acceptors (Lipinski definition) is 5. The summed E-state index contributed by atoms with van der Waals surface area (Å²) in [6.07, 6.45) is 6.39. The molecular weight excluding hydrogens is 292 g/mol. The standard InChI is InChI=1S/C13H12N4O3S/c1-3-8-14-13(18)11-4-6-12(7-5-11)21(19,20)17-15-9-10(2)16-17/h1,4-7,9H,8H2,2H3,(H,14,18). The van der Waals surface area contributed by atoms with Crippen molar-refractivity contribution >= 4 is 15.9 Å². The molecule has 0 fully saturated rings. The zero-order chi connectivity index (χ0) is 15.5. The van der Waals surface area contributed by atoms with Crippen molar-refractivity contribution in [2.24, 2.45) is 0 Å². The lowest BCUT2D eigenvalue weighted by atomic mass is 10.2. The molecule has 1 aromatic heterocycles. The van der Waals surface area contributed by atoms with Crippen molar-refractivity contribution in [2.75, 3.05) is 6.54 Å². The van der Waals surface area contributed by atoms with Gasteiger partial charge in [-0.25, -0.2) is 0 Å². The molecule has 0 aliphatic rings. The Bertz CT molecular complexity index is 801. The van der Waals surface area contributed by atoms with Gasteiger partial charge in [0.2, 0.25) is 0 Å². The van der Waals surface area contributed by atoms with E-state index < -0.39 is 10.0 Å². The fraction of sp³-hybridized carbons (Fsp3) is 0.154. The topological polar surface area (TPSA) is 94.0 Å². The molecule has 8 heteroatoms. The van der Waals surface area contributed by atoms with E-state index in [1.165, 1.54) is 30.5 Å². The Kier molecular flexibility index (Phi) is 4.05. The Hall–Kier alpha value is -2.66. The van der Waals surface area contributed by atoms with Crippen LogP contribution in [0.1, 0.15) is 16.1 Å². The van der Waals surface area contributed by atoms with Gasteiger partial charge >= 0.3 is 0 Å². The first kappa shape index (κ1) is 14.7. The molecule has 1 aromatic carbocycles. The monoisotopic (exact) mass is 304 g/mol. The van der Waals surface area contributed by atoms with Crippen LogP contribution in [0.25, 0.3) is 0 Å². The highest BCUT2D eigenvalue weighted by Gasteiger charge is 2.19. The first-order chi connectivity index (χ1) is 9.95. The van der Waals surface area contributed by atoms with Crippen LogP contribution in [-0.4, -0.2) is 35.3 Å². The van der Waals surface area contributed by atoms with E-state index in [4.69, 9.17) is 6.42 Å². The smallest absolute Gasteiger partial charge is 0.299 e. The Labute approximate surface area is 122 Å². The second-order valence-electron chi connectivity index (χ2n) is 4.12. The molecule has 2 aromatic rings. The highest BCUT2D eigenvalue weighted by Crippen LogP contribution is 2.13. The zero-order valence-corrected chi connectivity index (χ0v) is 12.0. The SMILES string of the molecule is C#CCNC(=O)c1ccc(S(=O)(=O)n2ncc(C)n2)cc1. The largest absolute Gasteiger partial charge is 0.341 e. The van der Waals surface area contributed by atoms with Gasteiger partial charge < -0.3 is 5.32 Å². The molecular formula is C13H12N4O3S. The van der Waals surface area contributed by atoms with E-state index >= 15 is 0 Å². The normalized spacial score (nSPS) is 10.9. The van der Waals surface area contributed by atoms with Crippen LogP contribution in [0.5, 0.6) is 0 Å². The van der Waals surface area contributed by atoms with Crippen LogP contribution in [0.4, 0.5) is 0 Å². The second kappa shape index (κ2) is 5.76. The molecule has 0 saturated carbocycles. The van der Waals surface area contributed by atoms with Gasteiger partial charge in [-0.15, -0.1) is 16.6 Å². The van der Waals surface area contributed by atoms with E-state index in [1.807, 2.05) is 0 Å². The highest BCUT2D eigenvalue weighted by molar-refractivity contribution is 7.89. The maximum absolute atomic E-state index is 12.2. The second-order valence-corrected chi connectivity index (χ2v) is 5.87. The van der Waals surface area contributed by atoms with E-state index in [9.17, 15) is 13.2 Å². The number of carbonyl (C=O) groups excluding carboxylic acids is 1. The van der Waals surface area contributed by atoms with Gasteiger partial charge in [-0.05, 0) is 31.2 Å². The summed E-state index contributed by atoms with van der Waals surface area (Å²) in [5, 5.41) is 9.94. The van der Waals surface area contributed by atoms with Crippen LogP contribution in [0, 0.1) is 19.3 Å². The van der Waals surface area contributed by atoms with E-state index in [2.05, 4.69) is 21.4 Å². The molecule has 0 aliphatic heterocycles. The number of aryl methyl sites for hydroxylation is 1. The quantitative estimate of drug-likeness (QED) is 0.814. The van der Waals surface area contributed by atoms with E-state index in [1.54, 1.807) is 6.92 Å². The average molecular weight is 304 g/mol. The molecule has 108 valence electrons.